The fourth-order valence-electron chi connectivity index (χ4n) is 3.70. The Labute approximate surface area is 182 Å². The first-order chi connectivity index (χ1) is 15.4. The lowest BCUT2D eigenvalue weighted by Crippen LogP contribution is -2.35. The summed E-state index contributed by atoms with van der Waals surface area (Å²) < 4.78 is 91.4. The minimum absolute atomic E-state index is 0.0690. The summed E-state index contributed by atoms with van der Waals surface area (Å²) >= 11 is 0. The van der Waals surface area contributed by atoms with E-state index < -0.39 is 34.9 Å². The molecule has 3 aromatic rings. The van der Waals surface area contributed by atoms with Crippen molar-refractivity contribution >= 4 is 0 Å². The number of aromatic amines is 1. The highest BCUT2D eigenvalue weighted by Gasteiger charge is 2.32. The smallest absolute Gasteiger partial charge is 0.306 e. The predicted molar refractivity (Wildman–Crippen MR) is 105 cm³/mol. The third-order valence-corrected chi connectivity index (χ3v) is 5.41. The number of benzene rings is 2. The SMILES string of the molecule is O=c1[nH]c(-c2ccc(C(F)(F)F)cc2)nc2c1CCN(Cc1cc(C(F)(F)F)ccc1F)C2. The van der Waals surface area contributed by atoms with Crippen LogP contribution in [0.25, 0.3) is 11.4 Å². The van der Waals surface area contributed by atoms with E-state index in [1.54, 1.807) is 4.90 Å². The van der Waals surface area contributed by atoms with E-state index >= 15 is 0 Å². The van der Waals surface area contributed by atoms with Crippen molar-refractivity contribution in [3.8, 4) is 11.4 Å². The van der Waals surface area contributed by atoms with Gasteiger partial charge in [0.25, 0.3) is 5.56 Å². The second-order valence-corrected chi connectivity index (χ2v) is 7.68. The Bertz CT molecular complexity index is 1230. The van der Waals surface area contributed by atoms with Crippen molar-refractivity contribution in [2.75, 3.05) is 6.54 Å². The van der Waals surface area contributed by atoms with Gasteiger partial charge in [-0.1, -0.05) is 12.1 Å². The monoisotopic (exact) mass is 471 g/mol. The fourth-order valence-corrected chi connectivity index (χ4v) is 3.70. The number of halogens is 7. The minimum Gasteiger partial charge on any atom is -0.306 e. The highest BCUT2D eigenvalue weighted by atomic mass is 19.4. The third-order valence-electron chi connectivity index (χ3n) is 5.41. The van der Waals surface area contributed by atoms with Gasteiger partial charge >= 0.3 is 12.4 Å². The topological polar surface area (TPSA) is 49.0 Å². The van der Waals surface area contributed by atoms with Crippen molar-refractivity contribution in [1.29, 1.82) is 0 Å². The van der Waals surface area contributed by atoms with Gasteiger partial charge < -0.3 is 4.98 Å². The van der Waals surface area contributed by atoms with E-state index in [0.717, 1.165) is 24.3 Å². The van der Waals surface area contributed by atoms with Gasteiger partial charge in [0.2, 0.25) is 0 Å². The summed E-state index contributed by atoms with van der Waals surface area (Å²) in [4.78, 5) is 21.0. The zero-order chi connectivity index (χ0) is 24.0. The van der Waals surface area contributed by atoms with Crippen LogP contribution in [0.3, 0.4) is 0 Å². The van der Waals surface area contributed by atoms with Gasteiger partial charge in [0.1, 0.15) is 11.6 Å². The highest BCUT2D eigenvalue weighted by molar-refractivity contribution is 5.56. The summed E-state index contributed by atoms with van der Waals surface area (Å²) in [5.41, 5.74) is -1.40. The lowest BCUT2D eigenvalue weighted by Gasteiger charge is -2.28. The molecule has 11 heteroatoms. The van der Waals surface area contributed by atoms with Crippen molar-refractivity contribution in [3.05, 3.63) is 86.6 Å². The fraction of sp³-hybridized carbons (Fsp3) is 0.273. The Morgan fingerprint density at radius 3 is 2.21 bits per heavy atom. The lowest BCUT2D eigenvalue weighted by molar-refractivity contribution is -0.138. The Kier molecular flexibility index (Phi) is 5.77. The van der Waals surface area contributed by atoms with Crippen LogP contribution in [0.5, 0.6) is 0 Å². The molecule has 2 aromatic carbocycles. The van der Waals surface area contributed by atoms with Crippen LogP contribution in [0.1, 0.15) is 27.9 Å². The first-order valence-electron chi connectivity index (χ1n) is 9.79. The molecule has 1 aliphatic heterocycles. The molecule has 0 saturated carbocycles. The van der Waals surface area contributed by atoms with Gasteiger partial charge in [-0.2, -0.15) is 26.3 Å². The van der Waals surface area contributed by atoms with Gasteiger partial charge in [-0.3, -0.25) is 9.69 Å². The first kappa shape index (κ1) is 23.0. The summed E-state index contributed by atoms with van der Waals surface area (Å²) in [6, 6.07) is 6.31. The molecule has 4 nitrogen and oxygen atoms in total. The molecular weight excluding hydrogens is 455 g/mol. The largest absolute Gasteiger partial charge is 0.416 e. The van der Waals surface area contributed by atoms with Crippen LogP contribution in [-0.2, 0) is 31.9 Å². The molecule has 0 unspecified atom stereocenters. The molecule has 1 aliphatic rings. The average Bonchev–Trinajstić information content (AvgIpc) is 2.73. The van der Waals surface area contributed by atoms with Crippen LogP contribution in [0, 0.1) is 5.82 Å². The van der Waals surface area contributed by atoms with Crippen molar-refractivity contribution < 1.29 is 30.7 Å². The lowest BCUT2D eigenvalue weighted by atomic mass is 10.0. The van der Waals surface area contributed by atoms with Crippen molar-refractivity contribution in [2.45, 2.75) is 31.9 Å². The average molecular weight is 471 g/mol. The van der Waals surface area contributed by atoms with E-state index in [1.807, 2.05) is 0 Å². The quantitative estimate of drug-likeness (QED) is 0.537. The Hall–Kier alpha value is -3.21. The first-order valence-corrected chi connectivity index (χ1v) is 9.79. The molecule has 0 radical (unpaired) electrons. The molecule has 0 saturated heterocycles. The maximum absolute atomic E-state index is 14.1. The third kappa shape index (κ3) is 4.92. The molecule has 0 aliphatic carbocycles. The van der Waals surface area contributed by atoms with E-state index in [4.69, 9.17) is 0 Å². The van der Waals surface area contributed by atoms with Gasteiger partial charge in [-0.15, -0.1) is 0 Å². The summed E-state index contributed by atoms with van der Waals surface area (Å²) in [6.45, 7) is 0.245. The number of hydrogen-bond donors (Lipinski definition) is 1. The maximum Gasteiger partial charge on any atom is 0.416 e. The van der Waals surface area contributed by atoms with Crippen LogP contribution in [0.2, 0.25) is 0 Å². The van der Waals surface area contributed by atoms with E-state index in [1.165, 1.54) is 12.1 Å². The van der Waals surface area contributed by atoms with Gasteiger partial charge in [0.05, 0.1) is 16.8 Å². The molecule has 0 amide bonds. The normalized spacial score (nSPS) is 14.9. The zero-order valence-electron chi connectivity index (χ0n) is 16.8. The molecule has 1 aromatic heterocycles. The summed E-state index contributed by atoms with van der Waals surface area (Å²) in [6.07, 6.45) is -8.87. The van der Waals surface area contributed by atoms with Gasteiger partial charge in [0.15, 0.2) is 0 Å². The van der Waals surface area contributed by atoms with Gasteiger partial charge in [-0.05, 0) is 36.8 Å². The minimum atomic E-state index is -4.61. The van der Waals surface area contributed by atoms with Crippen LogP contribution in [0.15, 0.2) is 47.3 Å². The van der Waals surface area contributed by atoms with Gasteiger partial charge in [0, 0.05) is 36.3 Å². The molecule has 0 atom stereocenters. The van der Waals surface area contributed by atoms with Crippen LogP contribution < -0.4 is 5.56 Å². The molecule has 174 valence electrons. The van der Waals surface area contributed by atoms with Crippen molar-refractivity contribution in [2.24, 2.45) is 0 Å². The molecule has 0 spiro atoms. The maximum atomic E-state index is 14.1. The summed E-state index contributed by atoms with van der Waals surface area (Å²) in [5.74, 6) is -0.710. The van der Waals surface area contributed by atoms with E-state index in [-0.39, 0.29) is 36.5 Å². The molecular formula is C22H16F7N3O. The Balaban J connectivity index is 1.59. The second-order valence-electron chi connectivity index (χ2n) is 7.68. The number of aromatic nitrogens is 2. The summed E-state index contributed by atoms with van der Waals surface area (Å²) in [5, 5.41) is 0. The number of H-pyrrole nitrogens is 1. The number of nitrogens with zero attached hydrogens (tertiary/aromatic N) is 2. The standard InChI is InChI=1S/C22H16F7N3O/c23-17-6-5-15(22(27,28)29)9-13(17)10-32-8-7-16-18(11-32)30-19(31-20(16)33)12-1-3-14(4-2-12)21(24,25)26/h1-6,9H,7-8,10-11H2,(H,30,31,33). The number of fused-ring (bicyclic) bond motifs is 1. The van der Waals surface area contributed by atoms with E-state index in [2.05, 4.69) is 9.97 Å². The Morgan fingerprint density at radius 2 is 1.58 bits per heavy atom. The Morgan fingerprint density at radius 1 is 0.939 bits per heavy atom. The molecule has 0 fully saturated rings. The number of alkyl halides is 6. The zero-order valence-corrected chi connectivity index (χ0v) is 16.8. The van der Waals surface area contributed by atoms with Crippen LogP contribution in [-0.4, -0.2) is 21.4 Å². The highest BCUT2D eigenvalue weighted by Crippen LogP contribution is 2.32. The van der Waals surface area contributed by atoms with Crippen molar-refractivity contribution in [3.63, 3.8) is 0 Å². The number of hydrogen-bond acceptors (Lipinski definition) is 3. The number of rotatable bonds is 3. The van der Waals surface area contributed by atoms with E-state index in [9.17, 15) is 35.5 Å². The predicted octanol–water partition coefficient (Wildman–Crippen LogP) is 5.17. The molecule has 4 rings (SSSR count). The molecule has 33 heavy (non-hydrogen) atoms. The summed E-state index contributed by atoms with van der Waals surface area (Å²) in [7, 11) is 0. The molecule has 0 bridgehead atoms. The van der Waals surface area contributed by atoms with Crippen LogP contribution >= 0.6 is 0 Å². The second kappa shape index (κ2) is 8.29. The molecule has 2 heterocycles. The number of nitrogens with one attached hydrogen (secondary N) is 1. The van der Waals surface area contributed by atoms with Crippen LogP contribution in [0.4, 0.5) is 30.7 Å². The van der Waals surface area contributed by atoms with E-state index in [0.29, 0.717) is 23.9 Å². The van der Waals surface area contributed by atoms with Crippen molar-refractivity contribution in [1.82, 2.24) is 14.9 Å². The molecule has 1 N–H and O–H groups in total. The van der Waals surface area contributed by atoms with Gasteiger partial charge in [-0.25, -0.2) is 9.37 Å².